The number of rotatable bonds is 5. The second-order valence-electron chi connectivity index (χ2n) is 3.66. The SMILES string of the molecule is CCNC(Cc1sccc1Br)c1ccoc1Br. The lowest BCUT2D eigenvalue weighted by Gasteiger charge is -2.16. The van der Waals surface area contributed by atoms with Crippen LogP contribution in [0.1, 0.15) is 23.4 Å². The Morgan fingerprint density at radius 1 is 1.41 bits per heavy atom. The summed E-state index contributed by atoms with van der Waals surface area (Å²) in [6.07, 6.45) is 2.68. The highest BCUT2D eigenvalue weighted by Gasteiger charge is 2.18. The summed E-state index contributed by atoms with van der Waals surface area (Å²) in [4.78, 5) is 1.35. The molecule has 0 radical (unpaired) electrons. The van der Waals surface area contributed by atoms with Gasteiger partial charge in [-0.3, -0.25) is 0 Å². The molecule has 0 amide bonds. The van der Waals surface area contributed by atoms with Crippen molar-refractivity contribution in [3.63, 3.8) is 0 Å². The summed E-state index contributed by atoms with van der Waals surface area (Å²) in [5, 5.41) is 5.59. The van der Waals surface area contributed by atoms with Gasteiger partial charge >= 0.3 is 0 Å². The quantitative estimate of drug-likeness (QED) is 0.811. The van der Waals surface area contributed by atoms with Crippen molar-refractivity contribution < 1.29 is 4.42 Å². The normalized spacial score (nSPS) is 12.9. The van der Waals surface area contributed by atoms with Crippen molar-refractivity contribution in [3.8, 4) is 0 Å². The Morgan fingerprint density at radius 3 is 2.76 bits per heavy atom. The van der Waals surface area contributed by atoms with Crippen molar-refractivity contribution in [2.24, 2.45) is 0 Å². The molecule has 17 heavy (non-hydrogen) atoms. The number of nitrogens with one attached hydrogen (secondary N) is 1. The first-order valence-corrected chi connectivity index (χ1v) is 7.87. The monoisotopic (exact) mass is 377 g/mol. The van der Waals surface area contributed by atoms with Crippen LogP contribution in [-0.2, 0) is 6.42 Å². The van der Waals surface area contributed by atoms with E-state index in [2.05, 4.69) is 55.5 Å². The van der Waals surface area contributed by atoms with Crippen LogP contribution in [0.2, 0.25) is 0 Å². The summed E-state index contributed by atoms with van der Waals surface area (Å²) in [7, 11) is 0. The maximum absolute atomic E-state index is 5.31. The summed E-state index contributed by atoms with van der Waals surface area (Å²) in [6, 6.07) is 4.38. The Balaban J connectivity index is 2.19. The number of furan rings is 1. The third kappa shape index (κ3) is 3.22. The van der Waals surface area contributed by atoms with Gasteiger partial charge in [-0.1, -0.05) is 6.92 Å². The average molecular weight is 379 g/mol. The van der Waals surface area contributed by atoms with Crippen LogP contribution < -0.4 is 5.32 Å². The summed E-state index contributed by atoms with van der Waals surface area (Å²) in [5.74, 6) is 0. The van der Waals surface area contributed by atoms with E-state index >= 15 is 0 Å². The van der Waals surface area contributed by atoms with Gasteiger partial charge in [0.05, 0.1) is 6.26 Å². The van der Waals surface area contributed by atoms with E-state index in [0.717, 1.165) is 17.6 Å². The third-order valence-electron chi connectivity index (χ3n) is 2.55. The fourth-order valence-corrected chi connectivity index (χ4v) is 3.83. The second-order valence-corrected chi connectivity index (χ2v) is 6.23. The Labute approximate surface area is 122 Å². The summed E-state index contributed by atoms with van der Waals surface area (Å²) < 4.78 is 7.31. The van der Waals surface area contributed by atoms with Crippen molar-refractivity contribution >= 4 is 43.2 Å². The predicted molar refractivity (Wildman–Crippen MR) is 78.5 cm³/mol. The van der Waals surface area contributed by atoms with Crippen molar-refractivity contribution in [2.45, 2.75) is 19.4 Å². The minimum atomic E-state index is 0.281. The molecule has 0 aliphatic carbocycles. The smallest absolute Gasteiger partial charge is 0.173 e. The lowest BCUT2D eigenvalue weighted by atomic mass is 10.1. The summed E-state index contributed by atoms with van der Waals surface area (Å²) >= 11 is 8.79. The standard InChI is InChI=1S/C12H13Br2NOS/c1-2-15-10(8-3-5-16-12(8)14)7-11-9(13)4-6-17-11/h3-6,10,15H,2,7H2,1H3. The first-order valence-electron chi connectivity index (χ1n) is 5.40. The molecule has 92 valence electrons. The largest absolute Gasteiger partial charge is 0.457 e. The Morgan fingerprint density at radius 2 is 2.24 bits per heavy atom. The lowest BCUT2D eigenvalue weighted by molar-refractivity contribution is 0.507. The molecule has 2 aromatic heterocycles. The van der Waals surface area contributed by atoms with Crippen LogP contribution in [0.15, 0.2) is 37.3 Å². The Bertz CT molecular complexity index is 480. The molecular weight excluding hydrogens is 366 g/mol. The Kier molecular flexibility index (Phi) is 4.85. The van der Waals surface area contributed by atoms with Gasteiger partial charge < -0.3 is 9.73 Å². The number of hydrogen-bond acceptors (Lipinski definition) is 3. The average Bonchev–Trinajstić information content (AvgIpc) is 2.88. The molecule has 0 aliphatic heterocycles. The van der Waals surface area contributed by atoms with E-state index < -0.39 is 0 Å². The van der Waals surface area contributed by atoms with Crippen molar-refractivity contribution in [3.05, 3.63) is 43.4 Å². The van der Waals surface area contributed by atoms with Gasteiger partial charge in [0.25, 0.3) is 0 Å². The molecule has 1 atom stereocenters. The van der Waals surface area contributed by atoms with E-state index in [1.807, 2.05) is 6.07 Å². The van der Waals surface area contributed by atoms with Crippen LogP contribution in [-0.4, -0.2) is 6.54 Å². The molecule has 0 bridgehead atoms. The topological polar surface area (TPSA) is 25.2 Å². The summed E-state index contributed by atoms with van der Waals surface area (Å²) in [5.41, 5.74) is 1.17. The van der Waals surface area contributed by atoms with Crippen molar-refractivity contribution in [1.82, 2.24) is 5.32 Å². The van der Waals surface area contributed by atoms with Gasteiger partial charge in [0.1, 0.15) is 0 Å². The first-order chi connectivity index (χ1) is 8.22. The minimum Gasteiger partial charge on any atom is -0.457 e. The highest BCUT2D eigenvalue weighted by molar-refractivity contribution is 9.10. The van der Waals surface area contributed by atoms with Crippen LogP contribution in [0.5, 0.6) is 0 Å². The number of halogens is 2. The van der Waals surface area contributed by atoms with Crippen molar-refractivity contribution in [2.75, 3.05) is 6.54 Å². The third-order valence-corrected chi connectivity index (χ3v) is 5.15. The molecule has 2 heterocycles. The zero-order valence-corrected chi connectivity index (χ0v) is 13.4. The molecule has 0 aliphatic rings. The van der Waals surface area contributed by atoms with Crippen LogP contribution in [0.25, 0.3) is 0 Å². The molecular formula is C12H13Br2NOS. The number of hydrogen-bond donors (Lipinski definition) is 1. The van der Waals surface area contributed by atoms with Crippen LogP contribution in [0, 0.1) is 0 Å². The molecule has 0 saturated heterocycles. The van der Waals surface area contributed by atoms with Crippen LogP contribution in [0.3, 0.4) is 0 Å². The van der Waals surface area contributed by atoms with Gasteiger partial charge in [0.15, 0.2) is 4.67 Å². The van der Waals surface area contributed by atoms with Gasteiger partial charge in [-0.05, 0) is 55.9 Å². The molecule has 1 N–H and O–H groups in total. The fourth-order valence-electron chi connectivity index (χ4n) is 1.75. The second kappa shape index (κ2) is 6.18. The van der Waals surface area contributed by atoms with Gasteiger partial charge in [0.2, 0.25) is 0 Å². The first kappa shape index (κ1) is 13.3. The Hall–Kier alpha value is -0.100. The van der Waals surface area contributed by atoms with E-state index in [4.69, 9.17) is 4.42 Å². The predicted octanol–water partition coefficient (Wildman–Crippen LogP) is 4.76. The number of likely N-dealkylation sites (N-methyl/N-ethyl adjacent to an activating group) is 1. The van der Waals surface area contributed by atoms with E-state index in [9.17, 15) is 0 Å². The van der Waals surface area contributed by atoms with E-state index in [-0.39, 0.29) is 6.04 Å². The zero-order chi connectivity index (χ0) is 12.3. The zero-order valence-electron chi connectivity index (χ0n) is 9.37. The molecule has 0 fully saturated rings. The van der Waals surface area contributed by atoms with Gasteiger partial charge in [-0.15, -0.1) is 11.3 Å². The van der Waals surface area contributed by atoms with Gasteiger partial charge in [0, 0.05) is 27.4 Å². The molecule has 0 spiro atoms. The molecule has 5 heteroatoms. The molecule has 2 nitrogen and oxygen atoms in total. The van der Waals surface area contributed by atoms with Gasteiger partial charge in [-0.2, -0.15) is 0 Å². The summed E-state index contributed by atoms with van der Waals surface area (Å²) in [6.45, 7) is 3.05. The molecule has 2 aromatic rings. The molecule has 0 saturated carbocycles. The fraction of sp³-hybridized carbons (Fsp3) is 0.333. The maximum Gasteiger partial charge on any atom is 0.173 e. The van der Waals surface area contributed by atoms with Crippen LogP contribution >= 0.6 is 43.2 Å². The van der Waals surface area contributed by atoms with E-state index in [1.165, 1.54) is 14.9 Å². The molecule has 0 aromatic carbocycles. The van der Waals surface area contributed by atoms with Crippen LogP contribution in [0.4, 0.5) is 0 Å². The van der Waals surface area contributed by atoms with E-state index in [1.54, 1.807) is 17.6 Å². The highest BCUT2D eigenvalue weighted by atomic mass is 79.9. The van der Waals surface area contributed by atoms with Gasteiger partial charge in [-0.25, -0.2) is 0 Å². The van der Waals surface area contributed by atoms with E-state index in [0.29, 0.717) is 0 Å². The van der Waals surface area contributed by atoms with Crippen molar-refractivity contribution in [1.29, 1.82) is 0 Å². The molecule has 2 rings (SSSR count). The molecule has 1 unspecified atom stereocenters. The minimum absolute atomic E-state index is 0.281. The highest BCUT2D eigenvalue weighted by Crippen LogP contribution is 2.31. The number of thiophene rings is 1. The maximum atomic E-state index is 5.31. The lowest BCUT2D eigenvalue weighted by Crippen LogP contribution is -2.22.